The second kappa shape index (κ2) is 4.21. The van der Waals surface area contributed by atoms with Crippen LogP contribution in [0, 0.1) is 17.2 Å². The molecular formula is C13H20N2O2. The van der Waals surface area contributed by atoms with Crippen molar-refractivity contribution in [2.45, 2.75) is 64.1 Å². The molecule has 4 nitrogen and oxygen atoms in total. The molecule has 2 aliphatic rings. The van der Waals surface area contributed by atoms with Crippen LogP contribution in [0.25, 0.3) is 0 Å². The van der Waals surface area contributed by atoms with E-state index in [2.05, 4.69) is 6.07 Å². The first kappa shape index (κ1) is 12.2. The molecule has 1 amide bonds. The van der Waals surface area contributed by atoms with Crippen molar-refractivity contribution in [2.75, 3.05) is 0 Å². The van der Waals surface area contributed by atoms with Gasteiger partial charge >= 0.3 is 6.09 Å². The van der Waals surface area contributed by atoms with Crippen LogP contribution in [0.4, 0.5) is 4.79 Å². The summed E-state index contributed by atoms with van der Waals surface area (Å²) in [5.74, 6) is 0.117. The minimum atomic E-state index is -0.442. The van der Waals surface area contributed by atoms with Crippen LogP contribution in [0.5, 0.6) is 0 Å². The topological polar surface area (TPSA) is 53.3 Å². The third-order valence-corrected chi connectivity index (χ3v) is 3.52. The van der Waals surface area contributed by atoms with E-state index < -0.39 is 5.60 Å². The Morgan fingerprint density at radius 2 is 1.82 bits per heavy atom. The van der Waals surface area contributed by atoms with Gasteiger partial charge in [0.05, 0.1) is 12.0 Å². The van der Waals surface area contributed by atoms with Gasteiger partial charge in [-0.1, -0.05) is 0 Å². The first-order valence-corrected chi connectivity index (χ1v) is 6.31. The SMILES string of the molecule is CC(C)(C)OC(=O)N1[C@@H]2CC[C@@H]1CC(C#N)C2. The highest BCUT2D eigenvalue weighted by Gasteiger charge is 2.44. The minimum absolute atomic E-state index is 0.117. The Bertz CT molecular complexity index is 339. The molecule has 2 atom stereocenters. The molecule has 2 rings (SSSR count). The van der Waals surface area contributed by atoms with Crippen LogP contribution in [-0.2, 0) is 4.74 Å². The van der Waals surface area contributed by atoms with Crippen LogP contribution in [0.2, 0.25) is 0 Å². The number of hydrogen-bond donors (Lipinski definition) is 0. The van der Waals surface area contributed by atoms with Crippen molar-refractivity contribution in [2.24, 2.45) is 5.92 Å². The maximum Gasteiger partial charge on any atom is 0.410 e. The van der Waals surface area contributed by atoms with Crippen molar-refractivity contribution in [3.05, 3.63) is 0 Å². The molecule has 2 fully saturated rings. The van der Waals surface area contributed by atoms with Gasteiger partial charge in [0.1, 0.15) is 5.60 Å². The number of ether oxygens (including phenoxy) is 1. The van der Waals surface area contributed by atoms with Gasteiger partial charge < -0.3 is 9.64 Å². The van der Waals surface area contributed by atoms with Crippen molar-refractivity contribution in [3.63, 3.8) is 0 Å². The zero-order valence-electron chi connectivity index (χ0n) is 10.8. The smallest absolute Gasteiger partial charge is 0.410 e. The van der Waals surface area contributed by atoms with Crippen molar-refractivity contribution < 1.29 is 9.53 Å². The van der Waals surface area contributed by atoms with Gasteiger partial charge in [-0.15, -0.1) is 0 Å². The maximum absolute atomic E-state index is 12.1. The number of nitrogens with zero attached hydrogens (tertiary/aromatic N) is 2. The monoisotopic (exact) mass is 236 g/mol. The van der Waals surface area contributed by atoms with E-state index in [1.165, 1.54) is 0 Å². The summed E-state index contributed by atoms with van der Waals surface area (Å²) in [6, 6.07) is 2.77. The lowest BCUT2D eigenvalue weighted by Gasteiger charge is -2.37. The van der Waals surface area contributed by atoms with Crippen LogP contribution in [0.3, 0.4) is 0 Å². The molecule has 0 aromatic carbocycles. The van der Waals surface area contributed by atoms with Gasteiger partial charge in [-0.2, -0.15) is 5.26 Å². The number of fused-ring (bicyclic) bond motifs is 2. The summed E-state index contributed by atoms with van der Waals surface area (Å²) in [5.41, 5.74) is -0.442. The lowest BCUT2D eigenvalue weighted by molar-refractivity contribution is 0.00482. The number of carbonyl (C=O) groups excluding carboxylic acids is 1. The van der Waals surface area contributed by atoms with E-state index in [4.69, 9.17) is 10.00 Å². The van der Waals surface area contributed by atoms with E-state index in [9.17, 15) is 4.79 Å². The molecule has 0 aromatic rings. The van der Waals surface area contributed by atoms with Crippen LogP contribution in [-0.4, -0.2) is 28.7 Å². The molecule has 2 heterocycles. The minimum Gasteiger partial charge on any atom is -0.444 e. The van der Waals surface area contributed by atoms with E-state index >= 15 is 0 Å². The standard InChI is InChI=1S/C13H20N2O2/c1-13(2,3)17-12(16)15-10-4-5-11(15)7-9(6-10)8-14/h9-11H,4-7H2,1-3H3/t10-,11-/m1/s1. The van der Waals surface area contributed by atoms with Gasteiger partial charge in [0.15, 0.2) is 0 Å². The third kappa shape index (κ3) is 2.54. The molecule has 2 saturated heterocycles. The maximum atomic E-state index is 12.1. The predicted octanol–water partition coefficient (Wildman–Crippen LogP) is 2.69. The fourth-order valence-electron chi connectivity index (χ4n) is 2.90. The first-order valence-electron chi connectivity index (χ1n) is 6.31. The van der Waals surface area contributed by atoms with E-state index in [1.54, 1.807) is 0 Å². The Morgan fingerprint density at radius 3 is 2.24 bits per heavy atom. The van der Waals surface area contributed by atoms with Crippen LogP contribution < -0.4 is 0 Å². The average molecular weight is 236 g/mol. The fourth-order valence-corrected chi connectivity index (χ4v) is 2.90. The summed E-state index contributed by atoms with van der Waals surface area (Å²) in [4.78, 5) is 14.0. The first-order chi connectivity index (χ1) is 7.90. The largest absolute Gasteiger partial charge is 0.444 e. The second-order valence-electron chi connectivity index (χ2n) is 6.07. The van der Waals surface area contributed by atoms with Gasteiger partial charge in [-0.3, -0.25) is 0 Å². The van der Waals surface area contributed by atoms with E-state index in [1.807, 2.05) is 25.7 Å². The van der Waals surface area contributed by atoms with Gasteiger partial charge in [-0.05, 0) is 46.5 Å². The number of piperidine rings is 1. The number of carbonyl (C=O) groups is 1. The van der Waals surface area contributed by atoms with Crippen LogP contribution in [0.15, 0.2) is 0 Å². The van der Waals surface area contributed by atoms with Crippen molar-refractivity contribution in [1.29, 1.82) is 5.26 Å². The predicted molar refractivity (Wildman–Crippen MR) is 63.2 cm³/mol. The van der Waals surface area contributed by atoms with E-state index in [0.29, 0.717) is 0 Å². The number of amides is 1. The molecule has 0 saturated carbocycles. The number of hydrogen-bond acceptors (Lipinski definition) is 3. The fraction of sp³-hybridized carbons (Fsp3) is 0.846. The molecule has 2 aliphatic heterocycles. The Labute approximate surface area is 103 Å². The van der Waals surface area contributed by atoms with E-state index in [0.717, 1.165) is 25.7 Å². The molecule has 17 heavy (non-hydrogen) atoms. The number of nitriles is 1. The van der Waals surface area contributed by atoms with Crippen molar-refractivity contribution in [1.82, 2.24) is 4.90 Å². The van der Waals surface area contributed by atoms with E-state index in [-0.39, 0.29) is 24.1 Å². The zero-order valence-corrected chi connectivity index (χ0v) is 10.8. The average Bonchev–Trinajstić information content (AvgIpc) is 2.47. The molecule has 0 aliphatic carbocycles. The molecule has 0 N–H and O–H groups in total. The Balaban J connectivity index is 2.04. The highest BCUT2D eigenvalue weighted by molar-refractivity contribution is 5.69. The van der Waals surface area contributed by atoms with Crippen LogP contribution >= 0.6 is 0 Å². The van der Waals surface area contributed by atoms with Gasteiger partial charge in [0.25, 0.3) is 0 Å². The molecule has 4 heteroatoms. The van der Waals surface area contributed by atoms with Gasteiger partial charge in [0, 0.05) is 12.1 Å². The summed E-state index contributed by atoms with van der Waals surface area (Å²) >= 11 is 0. The molecule has 0 radical (unpaired) electrons. The zero-order chi connectivity index (χ0) is 12.6. The quantitative estimate of drug-likeness (QED) is 0.649. The van der Waals surface area contributed by atoms with Crippen molar-refractivity contribution in [3.8, 4) is 6.07 Å². The van der Waals surface area contributed by atoms with Gasteiger partial charge in [-0.25, -0.2) is 4.79 Å². The summed E-state index contributed by atoms with van der Waals surface area (Å²) in [6.45, 7) is 5.65. The third-order valence-electron chi connectivity index (χ3n) is 3.52. The van der Waals surface area contributed by atoms with Crippen molar-refractivity contribution >= 4 is 6.09 Å². The molecular weight excluding hydrogens is 216 g/mol. The molecule has 94 valence electrons. The molecule has 0 unspecified atom stereocenters. The normalized spacial score (nSPS) is 32.1. The van der Waals surface area contributed by atoms with Crippen LogP contribution in [0.1, 0.15) is 46.5 Å². The second-order valence-corrected chi connectivity index (χ2v) is 6.07. The van der Waals surface area contributed by atoms with Gasteiger partial charge in [0.2, 0.25) is 0 Å². The highest BCUT2D eigenvalue weighted by atomic mass is 16.6. The highest BCUT2D eigenvalue weighted by Crippen LogP contribution is 2.39. The molecule has 0 spiro atoms. The lowest BCUT2D eigenvalue weighted by Crippen LogP contribution is -2.48. The summed E-state index contributed by atoms with van der Waals surface area (Å²) < 4.78 is 5.43. The molecule has 0 aromatic heterocycles. The molecule has 2 bridgehead atoms. The Hall–Kier alpha value is -1.24. The number of rotatable bonds is 0. The lowest BCUT2D eigenvalue weighted by atomic mass is 9.92. The Kier molecular flexibility index (Phi) is 3.03. The summed E-state index contributed by atoms with van der Waals surface area (Å²) in [7, 11) is 0. The summed E-state index contributed by atoms with van der Waals surface area (Å²) in [6.07, 6.45) is 3.45. The summed E-state index contributed by atoms with van der Waals surface area (Å²) in [5, 5.41) is 8.98. The Morgan fingerprint density at radius 1 is 1.29 bits per heavy atom.